The number of alkyl halides is 3. The van der Waals surface area contributed by atoms with Crippen LogP contribution in [0.2, 0.25) is 0 Å². The molecule has 2 rings (SSSR count). The predicted octanol–water partition coefficient (Wildman–Crippen LogP) is 3.22. The Balaban J connectivity index is 2.48. The average Bonchev–Trinajstić information content (AvgIpc) is 2.42. The number of para-hydroxylation sites is 1. The molecule has 1 heterocycles. The molecule has 0 radical (unpaired) electrons. The fourth-order valence-corrected chi connectivity index (χ4v) is 1.54. The van der Waals surface area contributed by atoms with E-state index in [4.69, 9.17) is 5.11 Å². The lowest BCUT2D eigenvalue weighted by Crippen LogP contribution is -2.17. The molecule has 0 fully saturated rings. The van der Waals surface area contributed by atoms with Crippen molar-refractivity contribution >= 4 is 17.6 Å². The van der Waals surface area contributed by atoms with E-state index >= 15 is 0 Å². The minimum absolute atomic E-state index is 0.402. The zero-order valence-electron chi connectivity index (χ0n) is 10.4. The summed E-state index contributed by atoms with van der Waals surface area (Å²) < 4.78 is 65.1. The summed E-state index contributed by atoms with van der Waals surface area (Å²) in [6, 6.07) is 2.81. The maximum Gasteiger partial charge on any atom is 0.434 e. The predicted molar refractivity (Wildman–Crippen MR) is 63.6 cm³/mol. The molecule has 0 spiro atoms. The maximum absolute atomic E-state index is 13.4. The number of anilines is 2. The second-order valence-corrected chi connectivity index (χ2v) is 3.98. The van der Waals surface area contributed by atoms with E-state index in [2.05, 4.69) is 9.97 Å². The van der Waals surface area contributed by atoms with Crippen LogP contribution in [0.1, 0.15) is 16.1 Å². The summed E-state index contributed by atoms with van der Waals surface area (Å²) in [6.07, 6.45) is -4.67. The second-order valence-electron chi connectivity index (χ2n) is 3.98. The first-order valence-corrected chi connectivity index (χ1v) is 5.58. The zero-order chi connectivity index (χ0) is 16.5. The van der Waals surface area contributed by atoms with Crippen LogP contribution in [0.5, 0.6) is 0 Å². The Labute approximate surface area is 119 Å². The maximum atomic E-state index is 13.4. The van der Waals surface area contributed by atoms with Gasteiger partial charge in [-0.3, -0.25) is 0 Å². The molecule has 0 saturated carbocycles. The van der Waals surface area contributed by atoms with Gasteiger partial charge in [-0.2, -0.15) is 13.2 Å². The molecule has 116 valence electrons. The molecule has 0 aliphatic rings. The van der Waals surface area contributed by atoms with Gasteiger partial charge in [0.2, 0.25) is 5.95 Å². The van der Waals surface area contributed by atoms with Gasteiger partial charge in [-0.25, -0.2) is 23.5 Å². The van der Waals surface area contributed by atoms with E-state index in [0.29, 0.717) is 6.20 Å². The average molecular weight is 319 g/mol. The van der Waals surface area contributed by atoms with E-state index < -0.39 is 46.7 Å². The number of carboxylic acids is 1. The molecule has 0 bridgehead atoms. The molecule has 2 aromatic rings. The van der Waals surface area contributed by atoms with Crippen molar-refractivity contribution in [2.75, 3.05) is 5.32 Å². The lowest BCUT2D eigenvalue weighted by atomic mass is 10.2. The van der Waals surface area contributed by atoms with Crippen molar-refractivity contribution in [1.82, 2.24) is 9.97 Å². The van der Waals surface area contributed by atoms with Crippen LogP contribution < -0.4 is 5.32 Å². The lowest BCUT2D eigenvalue weighted by molar-refractivity contribution is -0.141. The number of benzene rings is 1. The molecule has 1 aromatic carbocycles. The normalized spacial score (nSPS) is 11.3. The van der Waals surface area contributed by atoms with Gasteiger partial charge in [0.15, 0.2) is 5.69 Å². The highest BCUT2D eigenvalue weighted by Gasteiger charge is 2.38. The Kier molecular flexibility index (Phi) is 3.93. The number of aromatic carboxylic acids is 1. The minimum atomic E-state index is -5.07. The van der Waals surface area contributed by atoms with E-state index in [1.165, 1.54) is 0 Å². The number of nitrogens with zero attached hydrogens (tertiary/aromatic N) is 2. The molecule has 0 unspecified atom stereocenters. The van der Waals surface area contributed by atoms with Gasteiger partial charge < -0.3 is 10.4 Å². The molecule has 10 heteroatoms. The number of hydrogen-bond donors (Lipinski definition) is 2. The zero-order valence-corrected chi connectivity index (χ0v) is 10.4. The highest BCUT2D eigenvalue weighted by molar-refractivity contribution is 5.88. The molecule has 5 nitrogen and oxygen atoms in total. The van der Waals surface area contributed by atoms with Gasteiger partial charge >= 0.3 is 12.1 Å². The molecule has 2 N–H and O–H groups in total. The number of carbonyl (C=O) groups is 1. The summed E-state index contributed by atoms with van der Waals surface area (Å²) in [6.45, 7) is 0. The number of halogens is 5. The Bertz CT molecular complexity index is 713. The number of hydrogen-bond acceptors (Lipinski definition) is 4. The van der Waals surface area contributed by atoms with Crippen LogP contribution in [0.15, 0.2) is 24.4 Å². The molecule has 0 atom stereocenters. The van der Waals surface area contributed by atoms with Crippen LogP contribution >= 0.6 is 0 Å². The quantitative estimate of drug-likeness (QED) is 0.850. The van der Waals surface area contributed by atoms with E-state index in [-0.39, 0.29) is 0 Å². The van der Waals surface area contributed by atoms with Crippen LogP contribution in [0.4, 0.5) is 33.6 Å². The number of nitrogens with one attached hydrogen (secondary N) is 1. The lowest BCUT2D eigenvalue weighted by Gasteiger charge is -2.12. The highest BCUT2D eigenvalue weighted by Crippen LogP contribution is 2.31. The summed E-state index contributed by atoms with van der Waals surface area (Å²) >= 11 is 0. The van der Waals surface area contributed by atoms with Crippen molar-refractivity contribution in [1.29, 1.82) is 0 Å². The monoisotopic (exact) mass is 319 g/mol. The third kappa shape index (κ3) is 3.10. The molecule has 1 aromatic heterocycles. The van der Waals surface area contributed by atoms with Crippen molar-refractivity contribution in [3.05, 3.63) is 47.3 Å². The first-order valence-electron chi connectivity index (χ1n) is 5.58. The van der Waals surface area contributed by atoms with Crippen LogP contribution in [0.3, 0.4) is 0 Å². The summed E-state index contributed by atoms with van der Waals surface area (Å²) in [5, 5.41) is 10.6. The Morgan fingerprint density at radius 1 is 1.18 bits per heavy atom. The topological polar surface area (TPSA) is 75.1 Å². The molecular formula is C12H6F5N3O2. The Hall–Kier alpha value is -2.78. The summed E-state index contributed by atoms with van der Waals surface area (Å²) in [5.41, 5.74) is -3.65. The Morgan fingerprint density at radius 3 is 2.27 bits per heavy atom. The van der Waals surface area contributed by atoms with Gasteiger partial charge in [0.1, 0.15) is 22.9 Å². The first kappa shape index (κ1) is 15.6. The summed E-state index contributed by atoms with van der Waals surface area (Å²) in [7, 11) is 0. The Morgan fingerprint density at radius 2 is 1.77 bits per heavy atom. The third-order valence-corrected chi connectivity index (χ3v) is 2.49. The first-order chi connectivity index (χ1) is 10.2. The SMILES string of the molecule is O=C(O)c1cnc(Nc2c(F)cccc2F)nc1C(F)(F)F. The molecular weight excluding hydrogens is 313 g/mol. The molecule has 22 heavy (non-hydrogen) atoms. The molecule has 0 saturated heterocycles. The fraction of sp³-hybridized carbons (Fsp3) is 0.0833. The van der Waals surface area contributed by atoms with Gasteiger partial charge in [-0.05, 0) is 12.1 Å². The number of rotatable bonds is 3. The van der Waals surface area contributed by atoms with Gasteiger partial charge in [0.25, 0.3) is 0 Å². The fourth-order valence-electron chi connectivity index (χ4n) is 1.54. The second kappa shape index (κ2) is 5.54. The molecule has 0 aliphatic heterocycles. The van der Waals surface area contributed by atoms with E-state index in [1.807, 2.05) is 5.32 Å². The summed E-state index contributed by atoms with van der Waals surface area (Å²) in [4.78, 5) is 17.0. The van der Waals surface area contributed by atoms with Gasteiger partial charge in [0.05, 0.1) is 0 Å². The van der Waals surface area contributed by atoms with E-state index in [1.54, 1.807) is 0 Å². The largest absolute Gasteiger partial charge is 0.478 e. The van der Waals surface area contributed by atoms with Crippen molar-refractivity contribution in [3.8, 4) is 0 Å². The van der Waals surface area contributed by atoms with E-state index in [0.717, 1.165) is 18.2 Å². The standard InChI is InChI=1S/C12H6F5N3O2/c13-6-2-1-3-7(14)8(6)19-11-18-4-5(10(21)22)9(20-11)12(15,16)17/h1-4H,(H,21,22)(H,18,19,20). The van der Waals surface area contributed by atoms with Gasteiger partial charge in [-0.15, -0.1) is 0 Å². The third-order valence-electron chi connectivity index (χ3n) is 2.49. The van der Waals surface area contributed by atoms with Gasteiger partial charge in [-0.1, -0.05) is 6.07 Å². The highest BCUT2D eigenvalue weighted by atomic mass is 19.4. The van der Waals surface area contributed by atoms with Crippen molar-refractivity contribution in [2.24, 2.45) is 0 Å². The van der Waals surface area contributed by atoms with Crippen molar-refractivity contribution in [3.63, 3.8) is 0 Å². The minimum Gasteiger partial charge on any atom is -0.478 e. The van der Waals surface area contributed by atoms with E-state index in [9.17, 15) is 26.7 Å². The molecule has 0 aliphatic carbocycles. The number of aromatic nitrogens is 2. The van der Waals surface area contributed by atoms with Crippen LogP contribution in [-0.4, -0.2) is 21.0 Å². The summed E-state index contributed by atoms with van der Waals surface area (Å²) in [5.74, 6) is -4.81. The smallest absolute Gasteiger partial charge is 0.434 e. The van der Waals surface area contributed by atoms with Crippen LogP contribution in [-0.2, 0) is 6.18 Å². The molecule has 0 amide bonds. The van der Waals surface area contributed by atoms with Crippen molar-refractivity contribution in [2.45, 2.75) is 6.18 Å². The van der Waals surface area contributed by atoms with Gasteiger partial charge in [0, 0.05) is 6.20 Å². The van der Waals surface area contributed by atoms with Crippen molar-refractivity contribution < 1.29 is 31.9 Å². The van der Waals surface area contributed by atoms with Crippen LogP contribution in [0.25, 0.3) is 0 Å². The van der Waals surface area contributed by atoms with Crippen LogP contribution in [0, 0.1) is 11.6 Å². The number of carboxylic acid groups (broad SMARTS) is 1.